The van der Waals surface area contributed by atoms with Gasteiger partial charge in [-0.15, -0.1) is 0 Å². The van der Waals surface area contributed by atoms with Crippen molar-refractivity contribution in [2.45, 2.75) is 32.9 Å². The van der Waals surface area contributed by atoms with Crippen molar-refractivity contribution in [2.24, 2.45) is 0 Å². The number of nitrogens with zero attached hydrogens (tertiary/aromatic N) is 2. The molecule has 1 atom stereocenters. The Morgan fingerprint density at radius 2 is 1.97 bits per heavy atom. The topological polar surface area (TPSA) is 86.5 Å². The number of ketones is 1. The highest BCUT2D eigenvalue weighted by atomic mass is 35.5. The van der Waals surface area contributed by atoms with E-state index in [9.17, 15) is 14.7 Å². The number of aromatic nitrogens is 2. The van der Waals surface area contributed by atoms with Gasteiger partial charge in [0.1, 0.15) is 23.9 Å². The number of imidazole rings is 1. The molecule has 0 radical (unpaired) electrons. The number of Topliss-reactive ketones (excluding diaryl/α,β-unsaturated/α-hetero) is 1. The number of carbonyl (C=O) groups excluding carboxylic acids is 2. The number of H-pyrrole nitrogens is 1. The second-order valence-electron chi connectivity index (χ2n) is 8.18. The second kappa shape index (κ2) is 10.1. The highest BCUT2D eigenvalue weighted by Gasteiger charge is 2.45. The molecular weight excluding hydrogens is 454 g/mol. The van der Waals surface area contributed by atoms with Crippen LogP contribution < -0.4 is 9.30 Å². The number of aliphatic hydroxyl groups is 1. The van der Waals surface area contributed by atoms with Crippen LogP contribution in [0.4, 0.5) is 0 Å². The first-order chi connectivity index (χ1) is 16.4. The van der Waals surface area contributed by atoms with E-state index in [4.69, 9.17) is 16.3 Å². The van der Waals surface area contributed by atoms with E-state index in [1.165, 1.54) is 0 Å². The number of aromatic amines is 1. The average Bonchev–Trinajstić information content (AvgIpc) is 3.43. The molecule has 1 unspecified atom stereocenters. The predicted octanol–water partition coefficient (Wildman–Crippen LogP) is 4.17. The van der Waals surface area contributed by atoms with Crippen LogP contribution in [0.5, 0.6) is 5.75 Å². The number of carbonyl (C=O) groups is 2. The van der Waals surface area contributed by atoms with Gasteiger partial charge in [-0.3, -0.25) is 14.6 Å². The maximum atomic E-state index is 13.2. The molecule has 4 rings (SSSR count). The molecule has 8 heteroatoms. The highest BCUT2D eigenvalue weighted by Crippen LogP contribution is 2.40. The van der Waals surface area contributed by atoms with Gasteiger partial charge in [0.05, 0.1) is 29.8 Å². The molecule has 1 aromatic heterocycles. The Labute approximate surface area is 203 Å². The molecule has 7 nitrogen and oxygen atoms in total. The number of aryl methyl sites for hydroxylation is 2. The van der Waals surface area contributed by atoms with Crippen LogP contribution in [0, 0.1) is 6.92 Å². The lowest BCUT2D eigenvalue weighted by atomic mass is 9.94. The van der Waals surface area contributed by atoms with Crippen molar-refractivity contribution in [3.8, 4) is 5.75 Å². The van der Waals surface area contributed by atoms with Crippen LogP contribution in [0.1, 0.15) is 36.1 Å². The molecule has 2 N–H and O–H groups in total. The first-order valence-corrected chi connectivity index (χ1v) is 11.6. The van der Waals surface area contributed by atoms with Crippen molar-refractivity contribution in [3.05, 3.63) is 88.5 Å². The molecule has 3 aromatic rings. The number of aliphatic hydroxyl groups excluding tert-OH is 1. The molecule has 176 valence electrons. The first kappa shape index (κ1) is 23.6. The highest BCUT2D eigenvalue weighted by molar-refractivity contribution is 6.46. The third-order valence-corrected chi connectivity index (χ3v) is 6.15. The predicted molar refractivity (Wildman–Crippen MR) is 128 cm³/mol. The fraction of sp³-hybridized carbons (Fsp3) is 0.269. The van der Waals surface area contributed by atoms with Crippen molar-refractivity contribution < 1.29 is 24.0 Å². The van der Waals surface area contributed by atoms with Crippen LogP contribution in [0.15, 0.2) is 66.8 Å². The largest absolute Gasteiger partial charge is 0.507 e. The Hall–Kier alpha value is -3.58. The lowest BCUT2D eigenvalue weighted by Gasteiger charge is -2.25. The molecule has 0 aliphatic carbocycles. The Bertz CT molecular complexity index is 1220. The summed E-state index contributed by atoms with van der Waals surface area (Å²) in [6.07, 6.45) is 6.20. The Balaban J connectivity index is 1.73. The smallest absolute Gasteiger partial charge is 0.295 e. The number of nitrogens with one attached hydrogen (secondary N) is 1. The number of amides is 1. The molecule has 1 aliphatic heterocycles. The maximum absolute atomic E-state index is 13.2. The number of likely N-dealkylation sites (tertiary alicyclic amines) is 1. The quantitative estimate of drug-likeness (QED) is 0.219. The van der Waals surface area contributed by atoms with Gasteiger partial charge in [-0.05, 0) is 37.6 Å². The summed E-state index contributed by atoms with van der Waals surface area (Å²) < 4.78 is 7.44. The zero-order valence-corrected chi connectivity index (χ0v) is 19.9. The SMILES string of the molecule is CCOc1ccc(C(O)=C2C(=O)C(=O)N(CCC[n+]3cc[nH]c3)C2c2ccc(C)cc2)cc1Cl. The summed E-state index contributed by atoms with van der Waals surface area (Å²) in [5.74, 6) is -1.10. The summed E-state index contributed by atoms with van der Waals surface area (Å²) >= 11 is 6.31. The van der Waals surface area contributed by atoms with Gasteiger partial charge in [-0.25, -0.2) is 4.57 Å². The third-order valence-electron chi connectivity index (χ3n) is 5.86. The fourth-order valence-corrected chi connectivity index (χ4v) is 4.40. The van der Waals surface area contributed by atoms with Crippen molar-refractivity contribution in [1.82, 2.24) is 9.88 Å². The molecule has 0 bridgehead atoms. The minimum atomic E-state index is -0.706. The molecular formula is C26H27ClN3O4+. The minimum absolute atomic E-state index is 0.0587. The number of halogens is 1. The summed E-state index contributed by atoms with van der Waals surface area (Å²) in [5, 5.41) is 11.5. The summed E-state index contributed by atoms with van der Waals surface area (Å²) in [6.45, 7) is 5.31. The van der Waals surface area contributed by atoms with Crippen LogP contribution >= 0.6 is 11.6 Å². The Kier molecular flexibility index (Phi) is 7.03. The number of ether oxygens (including phenoxy) is 1. The Morgan fingerprint density at radius 3 is 2.62 bits per heavy atom. The van der Waals surface area contributed by atoms with Gasteiger partial charge in [0.25, 0.3) is 11.7 Å². The first-order valence-electron chi connectivity index (χ1n) is 11.2. The summed E-state index contributed by atoms with van der Waals surface area (Å²) in [7, 11) is 0. The lowest BCUT2D eigenvalue weighted by Crippen LogP contribution is -2.36. The van der Waals surface area contributed by atoms with Gasteiger partial charge in [0.15, 0.2) is 0 Å². The molecule has 1 aliphatic rings. The van der Waals surface area contributed by atoms with Crippen LogP contribution in [-0.4, -0.2) is 39.8 Å². The number of hydrogen-bond acceptors (Lipinski definition) is 4. The summed E-state index contributed by atoms with van der Waals surface area (Å²) in [6, 6.07) is 11.8. The van der Waals surface area contributed by atoms with E-state index in [0.29, 0.717) is 42.5 Å². The molecule has 34 heavy (non-hydrogen) atoms. The van der Waals surface area contributed by atoms with Crippen LogP contribution in [0.2, 0.25) is 5.02 Å². The van der Waals surface area contributed by atoms with Gasteiger partial charge in [0.2, 0.25) is 6.33 Å². The number of hydrogen-bond donors (Lipinski definition) is 2. The molecule has 1 amide bonds. The monoisotopic (exact) mass is 480 g/mol. The molecule has 2 aromatic carbocycles. The van der Waals surface area contributed by atoms with E-state index in [1.807, 2.05) is 61.4 Å². The van der Waals surface area contributed by atoms with Crippen molar-refractivity contribution in [2.75, 3.05) is 13.2 Å². The van der Waals surface area contributed by atoms with Gasteiger partial charge >= 0.3 is 0 Å². The van der Waals surface area contributed by atoms with E-state index in [1.54, 1.807) is 23.1 Å². The zero-order valence-electron chi connectivity index (χ0n) is 19.1. The van der Waals surface area contributed by atoms with Crippen molar-refractivity contribution >= 4 is 29.1 Å². The second-order valence-corrected chi connectivity index (χ2v) is 8.59. The zero-order chi connectivity index (χ0) is 24.2. The van der Waals surface area contributed by atoms with Crippen LogP contribution in [-0.2, 0) is 16.1 Å². The minimum Gasteiger partial charge on any atom is -0.507 e. The van der Waals surface area contributed by atoms with Crippen LogP contribution in [0.25, 0.3) is 5.76 Å². The van der Waals surface area contributed by atoms with Crippen molar-refractivity contribution in [3.63, 3.8) is 0 Å². The van der Waals surface area contributed by atoms with Crippen LogP contribution in [0.3, 0.4) is 0 Å². The van der Waals surface area contributed by atoms with E-state index in [-0.39, 0.29) is 11.3 Å². The number of rotatable bonds is 8. The fourth-order valence-electron chi connectivity index (χ4n) is 4.17. The maximum Gasteiger partial charge on any atom is 0.295 e. The molecule has 2 heterocycles. The van der Waals surface area contributed by atoms with Gasteiger partial charge in [-0.2, -0.15) is 0 Å². The van der Waals surface area contributed by atoms with Gasteiger partial charge < -0.3 is 14.7 Å². The summed E-state index contributed by atoms with van der Waals surface area (Å²) in [4.78, 5) is 30.8. The van der Waals surface area contributed by atoms with Crippen molar-refractivity contribution in [1.29, 1.82) is 0 Å². The molecule has 0 saturated carbocycles. The Morgan fingerprint density at radius 1 is 1.21 bits per heavy atom. The van der Waals surface area contributed by atoms with E-state index < -0.39 is 17.7 Å². The summed E-state index contributed by atoms with van der Waals surface area (Å²) in [5.41, 5.74) is 2.23. The average molecular weight is 481 g/mol. The molecule has 0 spiro atoms. The van der Waals surface area contributed by atoms with Gasteiger partial charge in [-0.1, -0.05) is 41.4 Å². The van der Waals surface area contributed by atoms with E-state index in [0.717, 1.165) is 11.1 Å². The normalized spacial score (nSPS) is 17.4. The third kappa shape index (κ3) is 4.70. The van der Waals surface area contributed by atoms with E-state index >= 15 is 0 Å². The molecule has 1 fully saturated rings. The molecule has 1 saturated heterocycles. The standard InChI is InChI=1S/C26H26ClN3O4/c1-3-34-21-10-9-19(15-20(21)27)24(31)22-23(18-7-5-17(2)6-8-18)30(26(33)25(22)32)13-4-12-29-14-11-28-16-29/h5-11,14-16,23H,3-4,12-13H2,1-2H3,(H,31,32)/p+1. The van der Waals surface area contributed by atoms with Gasteiger partial charge in [0, 0.05) is 18.5 Å². The lowest BCUT2D eigenvalue weighted by molar-refractivity contribution is -0.695. The van der Waals surface area contributed by atoms with E-state index in [2.05, 4.69) is 4.98 Å². The number of benzene rings is 2.